The van der Waals surface area contributed by atoms with E-state index in [2.05, 4.69) is 0 Å². The van der Waals surface area contributed by atoms with Crippen molar-refractivity contribution in [1.29, 1.82) is 0 Å². The van der Waals surface area contributed by atoms with Crippen LogP contribution in [0.15, 0.2) is 33.6 Å². The first-order valence-electron chi connectivity index (χ1n) is 6.66. The van der Waals surface area contributed by atoms with Gasteiger partial charge in [0.25, 0.3) is 5.69 Å². The minimum absolute atomic E-state index is 0.0137. The predicted molar refractivity (Wildman–Crippen MR) is 78.6 cm³/mol. The van der Waals surface area contributed by atoms with Crippen molar-refractivity contribution < 1.29 is 9.45 Å². The number of nitro groups is 1. The Kier molecular flexibility index (Phi) is 3.72. The summed E-state index contributed by atoms with van der Waals surface area (Å²) in [5.74, 6) is 0. The molecule has 0 fully saturated rings. The van der Waals surface area contributed by atoms with Crippen LogP contribution in [0.1, 0.15) is 37.6 Å². The molecule has 0 N–H and O–H groups in total. The topological polar surface area (TPSA) is 78.3 Å². The molecule has 1 heterocycles. The molecular weight excluding hydrogens is 272 g/mol. The van der Waals surface area contributed by atoms with E-state index in [1.807, 2.05) is 20.8 Å². The van der Waals surface area contributed by atoms with Gasteiger partial charge in [0, 0.05) is 18.1 Å². The molecule has 0 atom stereocenters. The molecule has 0 unspecified atom stereocenters. The minimum atomic E-state index is -0.444. The Morgan fingerprint density at radius 1 is 1.29 bits per heavy atom. The van der Waals surface area contributed by atoms with E-state index in [1.165, 1.54) is 6.07 Å². The first kappa shape index (κ1) is 15.0. The zero-order valence-electron chi connectivity index (χ0n) is 12.5. The van der Waals surface area contributed by atoms with Gasteiger partial charge in [0.05, 0.1) is 21.7 Å². The minimum Gasteiger partial charge on any atom is -0.335 e. The molecule has 0 aliphatic carbocycles. The van der Waals surface area contributed by atoms with E-state index in [1.54, 1.807) is 29.9 Å². The fourth-order valence-corrected chi connectivity index (χ4v) is 2.35. The zero-order valence-corrected chi connectivity index (χ0v) is 12.5. The van der Waals surface area contributed by atoms with Gasteiger partial charge >= 0.3 is 5.63 Å². The van der Waals surface area contributed by atoms with Crippen LogP contribution >= 0.6 is 0 Å². The van der Waals surface area contributed by atoms with Gasteiger partial charge in [-0.25, -0.2) is 9.53 Å². The molecule has 1 aromatic carbocycles. The molecule has 0 saturated carbocycles. The van der Waals surface area contributed by atoms with E-state index in [9.17, 15) is 14.9 Å². The number of nitro benzene ring substituents is 1. The maximum absolute atomic E-state index is 12.0. The standard InChI is InChI=1S/C15H18N2O4/c1-10-12(14(18)21-16(10)15(2,3)4)9-11-7-5-6-8-13(11)17(19)20/h5-8H,9H2,1-4H3. The highest BCUT2D eigenvalue weighted by molar-refractivity contribution is 5.43. The lowest BCUT2D eigenvalue weighted by Crippen LogP contribution is -2.22. The van der Waals surface area contributed by atoms with Crippen LogP contribution in [0.2, 0.25) is 0 Å². The molecule has 6 heteroatoms. The van der Waals surface area contributed by atoms with Crippen LogP contribution in [-0.4, -0.2) is 9.66 Å². The first-order valence-corrected chi connectivity index (χ1v) is 6.66. The molecule has 0 amide bonds. The van der Waals surface area contributed by atoms with Crippen LogP contribution in [0, 0.1) is 17.0 Å². The Labute approximate surface area is 122 Å². The molecular formula is C15H18N2O4. The van der Waals surface area contributed by atoms with Crippen molar-refractivity contribution in [2.45, 2.75) is 39.7 Å². The van der Waals surface area contributed by atoms with Crippen molar-refractivity contribution in [2.75, 3.05) is 0 Å². The van der Waals surface area contributed by atoms with E-state index in [4.69, 9.17) is 4.52 Å². The van der Waals surface area contributed by atoms with Crippen LogP contribution in [0.4, 0.5) is 5.69 Å². The van der Waals surface area contributed by atoms with Gasteiger partial charge in [-0.05, 0) is 27.7 Å². The number of benzene rings is 1. The Bertz CT molecular complexity index is 735. The van der Waals surface area contributed by atoms with Crippen molar-refractivity contribution in [2.24, 2.45) is 0 Å². The van der Waals surface area contributed by atoms with Gasteiger partial charge in [-0.2, -0.15) is 0 Å². The SMILES string of the molecule is Cc1c(Cc2ccccc2[N+](=O)[O-])c(=O)on1C(C)(C)C. The van der Waals surface area contributed by atoms with Crippen molar-refractivity contribution in [3.63, 3.8) is 0 Å². The Morgan fingerprint density at radius 2 is 1.90 bits per heavy atom. The van der Waals surface area contributed by atoms with Crippen molar-refractivity contribution in [1.82, 2.24) is 4.74 Å². The number of hydrogen-bond donors (Lipinski definition) is 0. The fourth-order valence-electron chi connectivity index (χ4n) is 2.35. The molecule has 6 nitrogen and oxygen atoms in total. The molecule has 2 rings (SSSR count). The molecule has 1 aromatic heterocycles. The molecule has 0 aliphatic rings. The normalized spacial score (nSPS) is 11.6. The maximum atomic E-state index is 12.0. The third kappa shape index (κ3) is 2.89. The van der Waals surface area contributed by atoms with Crippen molar-refractivity contribution >= 4 is 5.69 Å². The molecule has 0 aliphatic heterocycles. The first-order chi connectivity index (χ1) is 9.71. The highest BCUT2D eigenvalue weighted by Gasteiger charge is 2.24. The van der Waals surface area contributed by atoms with Crippen LogP contribution in [-0.2, 0) is 12.0 Å². The van der Waals surface area contributed by atoms with E-state index in [0.717, 1.165) is 0 Å². The number of hydrogen-bond acceptors (Lipinski definition) is 4. The molecule has 112 valence electrons. The van der Waals surface area contributed by atoms with Gasteiger partial charge in [-0.15, -0.1) is 0 Å². The molecule has 0 bridgehead atoms. The van der Waals surface area contributed by atoms with Crippen LogP contribution in [0.25, 0.3) is 0 Å². The van der Waals surface area contributed by atoms with Gasteiger partial charge in [0.2, 0.25) is 0 Å². The summed E-state index contributed by atoms with van der Waals surface area (Å²) in [5, 5.41) is 11.0. The quantitative estimate of drug-likeness (QED) is 0.643. The highest BCUT2D eigenvalue weighted by Crippen LogP contribution is 2.23. The van der Waals surface area contributed by atoms with Gasteiger partial charge in [0.15, 0.2) is 0 Å². The highest BCUT2D eigenvalue weighted by atomic mass is 16.6. The fraction of sp³-hybridized carbons (Fsp3) is 0.400. The average molecular weight is 290 g/mol. The van der Waals surface area contributed by atoms with E-state index in [0.29, 0.717) is 16.8 Å². The molecule has 0 saturated heterocycles. The lowest BCUT2D eigenvalue weighted by Gasteiger charge is -2.20. The summed E-state index contributed by atoms with van der Waals surface area (Å²) in [6.45, 7) is 7.58. The average Bonchev–Trinajstić information content (AvgIpc) is 2.67. The molecule has 0 radical (unpaired) electrons. The monoisotopic (exact) mass is 290 g/mol. The number of para-hydroxylation sites is 1. The van der Waals surface area contributed by atoms with Gasteiger partial charge in [0.1, 0.15) is 0 Å². The van der Waals surface area contributed by atoms with Crippen LogP contribution < -0.4 is 5.63 Å². The second kappa shape index (κ2) is 5.20. The van der Waals surface area contributed by atoms with Gasteiger partial charge in [-0.3, -0.25) is 10.1 Å². The third-order valence-electron chi connectivity index (χ3n) is 3.33. The van der Waals surface area contributed by atoms with E-state index >= 15 is 0 Å². The molecule has 2 aromatic rings. The van der Waals surface area contributed by atoms with E-state index < -0.39 is 10.5 Å². The second-order valence-electron chi connectivity index (χ2n) is 5.97. The van der Waals surface area contributed by atoms with Crippen molar-refractivity contribution in [3.05, 3.63) is 61.6 Å². The Hall–Kier alpha value is -2.37. The smallest absolute Gasteiger partial charge is 0.335 e. The summed E-state index contributed by atoms with van der Waals surface area (Å²) in [6.07, 6.45) is 0.189. The van der Waals surface area contributed by atoms with Crippen LogP contribution in [0.5, 0.6) is 0 Å². The summed E-state index contributed by atoms with van der Waals surface area (Å²) in [4.78, 5) is 22.6. The lowest BCUT2D eigenvalue weighted by atomic mass is 10.0. The summed E-state index contributed by atoms with van der Waals surface area (Å²) in [7, 11) is 0. The van der Waals surface area contributed by atoms with Crippen LogP contribution in [0.3, 0.4) is 0 Å². The van der Waals surface area contributed by atoms with Crippen molar-refractivity contribution in [3.8, 4) is 0 Å². The van der Waals surface area contributed by atoms with Gasteiger partial charge in [-0.1, -0.05) is 18.2 Å². The summed E-state index contributed by atoms with van der Waals surface area (Å²) in [6, 6.07) is 6.43. The molecule has 21 heavy (non-hydrogen) atoms. The lowest BCUT2D eigenvalue weighted by molar-refractivity contribution is -0.385. The largest absolute Gasteiger partial charge is 0.361 e. The third-order valence-corrected chi connectivity index (χ3v) is 3.33. The molecule has 0 spiro atoms. The summed E-state index contributed by atoms with van der Waals surface area (Å²) >= 11 is 0. The maximum Gasteiger partial charge on any atom is 0.361 e. The van der Waals surface area contributed by atoms with E-state index in [-0.39, 0.29) is 17.6 Å². The Balaban J connectivity index is 2.49. The number of aromatic nitrogens is 1. The van der Waals surface area contributed by atoms with Gasteiger partial charge < -0.3 is 4.52 Å². The number of rotatable bonds is 3. The summed E-state index contributed by atoms with van der Waals surface area (Å²) in [5.41, 5.74) is 0.874. The number of nitrogens with zero attached hydrogens (tertiary/aromatic N) is 2. The second-order valence-corrected chi connectivity index (χ2v) is 5.97. The Morgan fingerprint density at radius 3 is 2.43 bits per heavy atom. The zero-order chi connectivity index (χ0) is 15.8. The summed E-state index contributed by atoms with van der Waals surface area (Å²) < 4.78 is 6.83. The predicted octanol–water partition coefficient (Wildman–Crippen LogP) is 3.00.